The van der Waals surface area contributed by atoms with Gasteiger partial charge in [-0.1, -0.05) is 13.0 Å². The van der Waals surface area contributed by atoms with Crippen molar-refractivity contribution in [1.29, 1.82) is 5.26 Å². The molecule has 0 amide bonds. The summed E-state index contributed by atoms with van der Waals surface area (Å²) in [6.07, 6.45) is 0. The molecule has 0 aliphatic heterocycles. The molecule has 12 heavy (non-hydrogen) atoms. The summed E-state index contributed by atoms with van der Waals surface area (Å²) in [4.78, 5) is 1.14. The summed E-state index contributed by atoms with van der Waals surface area (Å²) < 4.78 is 0.916. The number of hydrogen-bond donors (Lipinski definition) is 0. The van der Waals surface area contributed by atoms with E-state index in [2.05, 4.69) is 28.9 Å². The molecule has 0 spiro atoms. The van der Waals surface area contributed by atoms with Crippen molar-refractivity contribution in [2.45, 2.75) is 11.8 Å². The summed E-state index contributed by atoms with van der Waals surface area (Å²) in [6, 6.07) is 7.86. The van der Waals surface area contributed by atoms with Crippen LogP contribution < -0.4 is 0 Å². The lowest BCUT2D eigenvalue weighted by atomic mass is 10.2. The van der Waals surface area contributed by atoms with Gasteiger partial charge >= 0.3 is 0 Å². The molecule has 0 radical (unpaired) electrons. The molecule has 0 aliphatic rings. The van der Waals surface area contributed by atoms with Gasteiger partial charge < -0.3 is 0 Å². The summed E-state index contributed by atoms with van der Waals surface area (Å²) in [7, 11) is 0. The van der Waals surface area contributed by atoms with Crippen LogP contribution in [0.1, 0.15) is 12.5 Å². The molecule has 0 fully saturated rings. The van der Waals surface area contributed by atoms with Crippen LogP contribution in [0.3, 0.4) is 0 Å². The number of nitriles is 1. The number of nitrogens with zero attached hydrogens (tertiary/aromatic N) is 1. The van der Waals surface area contributed by atoms with E-state index in [1.54, 1.807) is 11.8 Å². The van der Waals surface area contributed by atoms with Crippen molar-refractivity contribution in [2.24, 2.45) is 0 Å². The average molecular weight is 242 g/mol. The highest BCUT2D eigenvalue weighted by molar-refractivity contribution is 9.10. The van der Waals surface area contributed by atoms with E-state index in [0.29, 0.717) is 5.56 Å². The summed E-state index contributed by atoms with van der Waals surface area (Å²) in [5, 5.41) is 8.72. The number of rotatable bonds is 2. The summed E-state index contributed by atoms with van der Waals surface area (Å²) in [5.41, 5.74) is 0.702. The number of benzene rings is 1. The van der Waals surface area contributed by atoms with Gasteiger partial charge in [-0.3, -0.25) is 0 Å². The van der Waals surface area contributed by atoms with Crippen molar-refractivity contribution < 1.29 is 0 Å². The molecular formula is C9H8BrNS. The molecule has 1 aromatic rings. The minimum atomic E-state index is 0.702. The van der Waals surface area contributed by atoms with Crippen LogP contribution in [0.15, 0.2) is 27.6 Å². The second-order valence-corrected chi connectivity index (χ2v) is 4.26. The number of hydrogen-bond acceptors (Lipinski definition) is 2. The highest BCUT2D eigenvalue weighted by atomic mass is 79.9. The van der Waals surface area contributed by atoms with Gasteiger partial charge in [0.25, 0.3) is 0 Å². The van der Waals surface area contributed by atoms with E-state index in [1.807, 2.05) is 18.2 Å². The SMILES string of the molecule is CCSc1cccc(C#N)c1Br. The highest BCUT2D eigenvalue weighted by Gasteiger charge is 2.03. The Morgan fingerprint density at radius 1 is 1.58 bits per heavy atom. The van der Waals surface area contributed by atoms with E-state index < -0.39 is 0 Å². The Kier molecular flexibility index (Phi) is 3.64. The molecule has 0 atom stereocenters. The van der Waals surface area contributed by atoms with Gasteiger partial charge in [0.1, 0.15) is 6.07 Å². The van der Waals surface area contributed by atoms with Gasteiger partial charge in [-0.05, 0) is 33.8 Å². The first-order chi connectivity index (χ1) is 5.79. The third kappa shape index (κ3) is 2.02. The Bertz CT molecular complexity index is 317. The van der Waals surface area contributed by atoms with Crippen LogP contribution in [0, 0.1) is 11.3 Å². The molecular weight excluding hydrogens is 234 g/mol. The van der Waals surface area contributed by atoms with Crippen molar-refractivity contribution >= 4 is 27.7 Å². The Morgan fingerprint density at radius 3 is 2.92 bits per heavy atom. The Morgan fingerprint density at radius 2 is 2.33 bits per heavy atom. The summed E-state index contributed by atoms with van der Waals surface area (Å²) in [6.45, 7) is 2.09. The normalized spacial score (nSPS) is 9.42. The Hall–Kier alpha value is -0.460. The fourth-order valence-corrected chi connectivity index (χ4v) is 2.28. The Labute approximate surface area is 84.9 Å². The molecule has 0 N–H and O–H groups in total. The van der Waals surface area contributed by atoms with Crippen molar-refractivity contribution in [3.05, 3.63) is 28.2 Å². The van der Waals surface area contributed by atoms with E-state index in [-0.39, 0.29) is 0 Å². The zero-order chi connectivity index (χ0) is 8.97. The van der Waals surface area contributed by atoms with Crippen molar-refractivity contribution in [1.82, 2.24) is 0 Å². The fourth-order valence-electron chi connectivity index (χ4n) is 0.864. The van der Waals surface area contributed by atoms with Crippen LogP contribution in [0.2, 0.25) is 0 Å². The smallest absolute Gasteiger partial charge is 0.100 e. The van der Waals surface area contributed by atoms with Gasteiger partial charge in [0.15, 0.2) is 0 Å². The minimum Gasteiger partial charge on any atom is -0.192 e. The molecule has 62 valence electrons. The molecule has 0 aliphatic carbocycles. The molecule has 0 unspecified atom stereocenters. The quantitative estimate of drug-likeness (QED) is 0.742. The van der Waals surface area contributed by atoms with Crippen LogP contribution >= 0.6 is 27.7 Å². The third-order valence-corrected chi connectivity index (χ3v) is 3.44. The average Bonchev–Trinajstić information content (AvgIpc) is 2.09. The van der Waals surface area contributed by atoms with E-state index >= 15 is 0 Å². The fraction of sp³-hybridized carbons (Fsp3) is 0.222. The molecule has 0 saturated carbocycles. The van der Waals surface area contributed by atoms with Crippen LogP contribution in [0.25, 0.3) is 0 Å². The van der Waals surface area contributed by atoms with Crippen LogP contribution in [-0.2, 0) is 0 Å². The monoisotopic (exact) mass is 241 g/mol. The predicted octanol–water partition coefficient (Wildman–Crippen LogP) is 3.43. The zero-order valence-corrected chi connectivity index (χ0v) is 9.08. The lowest BCUT2D eigenvalue weighted by Crippen LogP contribution is -1.81. The topological polar surface area (TPSA) is 23.8 Å². The number of thioether (sulfide) groups is 1. The van der Waals surface area contributed by atoms with Gasteiger partial charge in [0.2, 0.25) is 0 Å². The zero-order valence-electron chi connectivity index (χ0n) is 6.67. The van der Waals surface area contributed by atoms with E-state index in [4.69, 9.17) is 5.26 Å². The first kappa shape index (κ1) is 9.63. The largest absolute Gasteiger partial charge is 0.192 e. The van der Waals surface area contributed by atoms with Crippen LogP contribution in [0.5, 0.6) is 0 Å². The maximum absolute atomic E-state index is 8.72. The molecule has 1 aromatic carbocycles. The molecule has 0 saturated heterocycles. The standard InChI is InChI=1S/C9H8BrNS/c1-2-12-8-5-3-4-7(6-11)9(8)10/h3-5H,2H2,1H3. The second-order valence-electron chi connectivity index (χ2n) is 2.16. The molecule has 1 rings (SSSR count). The summed E-state index contributed by atoms with van der Waals surface area (Å²) >= 11 is 5.13. The van der Waals surface area contributed by atoms with Crippen LogP contribution in [0.4, 0.5) is 0 Å². The van der Waals surface area contributed by atoms with Gasteiger partial charge in [0.05, 0.1) is 5.56 Å². The Balaban J connectivity index is 3.07. The molecule has 3 heteroatoms. The molecule has 0 bridgehead atoms. The van der Waals surface area contributed by atoms with Gasteiger partial charge in [-0.25, -0.2) is 0 Å². The van der Waals surface area contributed by atoms with Crippen molar-refractivity contribution in [3.63, 3.8) is 0 Å². The first-order valence-corrected chi connectivity index (χ1v) is 5.39. The third-order valence-electron chi connectivity index (χ3n) is 1.38. The maximum Gasteiger partial charge on any atom is 0.100 e. The second kappa shape index (κ2) is 4.54. The minimum absolute atomic E-state index is 0.702. The number of halogens is 1. The van der Waals surface area contributed by atoms with E-state index in [1.165, 1.54) is 0 Å². The van der Waals surface area contributed by atoms with Gasteiger partial charge in [0, 0.05) is 9.37 Å². The van der Waals surface area contributed by atoms with Gasteiger partial charge in [-0.15, -0.1) is 11.8 Å². The van der Waals surface area contributed by atoms with Crippen molar-refractivity contribution in [3.8, 4) is 6.07 Å². The van der Waals surface area contributed by atoms with E-state index in [9.17, 15) is 0 Å². The van der Waals surface area contributed by atoms with Crippen molar-refractivity contribution in [2.75, 3.05) is 5.75 Å². The maximum atomic E-state index is 8.72. The molecule has 1 nitrogen and oxygen atoms in total. The lowest BCUT2D eigenvalue weighted by Gasteiger charge is -2.02. The van der Waals surface area contributed by atoms with Gasteiger partial charge in [-0.2, -0.15) is 5.26 Å². The highest BCUT2D eigenvalue weighted by Crippen LogP contribution is 2.29. The van der Waals surface area contributed by atoms with Crippen LogP contribution in [-0.4, -0.2) is 5.75 Å². The summed E-state index contributed by atoms with van der Waals surface area (Å²) in [5.74, 6) is 1.02. The lowest BCUT2D eigenvalue weighted by molar-refractivity contribution is 1.35. The molecule has 0 aromatic heterocycles. The molecule has 0 heterocycles. The predicted molar refractivity (Wildman–Crippen MR) is 55.3 cm³/mol. The first-order valence-electron chi connectivity index (χ1n) is 3.61. The van der Waals surface area contributed by atoms with E-state index in [0.717, 1.165) is 15.1 Å².